The van der Waals surface area contributed by atoms with Crippen molar-refractivity contribution in [2.24, 2.45) is 0 Å². The van der Waals surface area contributed by atoms with Crippen molar-refractivity contribution in [3.63, 3.8) is 0 Å². The van der Waals surface area contributed by atoms with Gasteiger partial charge in [0.05, 0.1) is 12.6 Å². The van der Waals surface area contributed by atoms with Gasteiger partial charge >= 0.3 is 0 Å². The molecule has 0 spiro atoms. The molecule has 0 saturated heterocycles. The van der Waals surface area contributed by atoms with Gasteiger partial charge in [0, 0.05) is 24.2 Å². The molecule has 0 N–H and O–H groups in total. The second-order valence-electron chi connectivity index (χ2n) is 4.76. The maximum absolute atomic E-state index is 5.20. The topological polar surface area (TPSA) is 43.2 Å². The van der Waals surface area contributed by atoms with Gasteiger partial charge in [0.15, 0.2) is 5.82 Å². The summed E-state index contributed by atoms with van der Waals surface area (Å²) >= 11 is 0. The molecule has 0 aliphatic heterocycles. The third kappa shape index (κ3) is 2.54. The predicted octanol–water partition coefficient (Wildman–Crippen LogP) is 3.12. The van der Waals surface area contributed by atoms with Crippen molar-refractivity contribution < 1.29 is 4.74 Å². The van der Waals surface area contributed by atoms with Crippen LogP contribution in [0.2, 0.25) is 0 Å². The highest BCUT2D eigenvalue weighted by Crippen LogP contribution is 2.22. The van der Waals surface area contributed by atoms with Gasteiger partial charge in [-0.1, -0.05) is 25.1 Å². The summed E-state index contributed by atoms with van der Waals surface area (Å²) < 4.78 is 7.33. The number of anilines is 1. The molecule has 0 bridgehead atoms. The summed E-state index contributed by atoms with van der Waals surface area (Å²) in [6.07, 6.45) is 4.61. The van der Waals surface area contributed by atoms with E-state index in [-0.39, 0.29) is 0 Å². The first-order chi connectivity index (χ1) is 10.3. The molecule has 0 amide bonds. The summed E-state index contributed by atoms with van der Waals surface area (Å²) in [7, 11) is 1.61. The molecule has 2 aromatic heterocycles. The summed E-state index contributed by atoms with van der Waals surface area (Å²) in [4.78, 5) is 8.46. The maximum atomic E-state index is 5.20. The molecule has 1 aromatic carbocycles. The minimum Gasteiger partial charge on any atom is -0.481 e. The van der Waals surface area contributed by atoms with E-state index in [4.69, 9.17) is 4.74 Å². The molecule has 0 saturated carbocycles. The Bertz CT molecular complexity index is 738. The highest BCUT2D eigenvalue weighted by atomic mass is 16.5. The number of ether oxygens (including phenoxy) is 1. The molecule has 0 radical (unpaired) electrons. The van der Waals surface area contributed by atoms with Crippen molar-refractivity contribution in [3.8, 4) is 5.88 Å². The number of aromatic nitrogens is 3. The minimum atomic E-state index is 0.567. The van der Waals surface area contributed by atoms with Gasteiger partial charge in [-0.2, -0.15) is 0 Å². The molecular formula is C16H18N4O. The van der Waals surface area contributed by atoms with Crippen LogP contribution in [0, 0.1) is 0 Å². The van der Waals surface area contributed by atoms with Gasteiger partial charge < -0.3 is 4.74 Å². The Labute approximate surface area is 123 Å². The first-order valence-electron chi connectivity index (χ1n) is 7.03. The smallest absolute Gasteiger partial charge is 0.218 e. The fraction of sp³-hybridized carbons (Fsp3) is 0.250. The summed E-state index contributed by atoms with van der Waals surface area (Å²) in [6, 6.07) is 12.3. The van der Waals surface area contributed by atoms with E-state index in [1.54, 1.807) is 7.11 Å². The molecule has 0 atom stereocenters. The van der Waals surface area contributed by atoms with Crippen molar-refractivity contribution in [3.05, 3.63) is 48.9 Å². The van der Waals surface area contributed by atoms with E-state index in [1.165, 1.54) is 11.7 Å². The summed E-state index contributed by atoms with van der Waals surface area (Å²) in [6.45, 7) is 3.01. The highest BCUT2D eigenvalue weighted by molar-refractivity contribution is 5.80. The number of hydrogen-bond acceptors (Lipinski definition) is 4. The quantitative estimate of drug-likeness (QED) is 0.721. The summed E-state index contributed by atoms with van der Waals surface area (Å²) in [5.41, 5.74) is 1.16. The molecule has 0 aliphatic rings. The standard InChI is InChI=1S/C16H18N4O/c1-3-9-20(15-11-16(21-2)18-12-17-15)19-10-8-13-6-4-5-7-14(13)19/h4-8,10-12H,3,9H2,1-2H3. The molecule has 0 aliphatic carbocycles. The fourth-order valence-electron chi connectivity index (χ4n) is 2.41. The third-order valence-electron chi connectivity index (χ3n) is 3.38. The van der Waals surface area contributed by atoms with Crippen LogP contribution in [0.15, 0.2) is 48.9 Å². The maximum Gasteiger partial charge on any atom is 0.218 e. The molecule has 3 aromatic rings. The van der Waals surface area contributed by atoms with Crippen LogP contribution in [0.4, 0.5) is 5.82 Å². The highest BCUT2D eigenvalue weighted by Gasteiger charge is 2.12. The monoisotopic (exact) mass is 282 g/mol. The van der Waals surface area contributed by atoms with E-state index < -0.39 is 0 Å². The van der Waals surface area contributed by atoms with Crippen LogP contribution in [0.1, 0.15) is 13.3 Å². The Kier molecular flexibility index (Phi) is 3.73. The van der Waals surface area contributed by atoms with Gasteiger partial charge in [0.25, 0.3) is 0 Å². The molecular weight excluding hydrogens is 264 g/mol. The van der Waals surface area contributed by atoms with Crippen LogP contribution in [-0.4, -0.2) is 28.3 Å². The predicted molar refractivity (Wildman–Crippen MR) is 83.6 cm³/mol. The zero-order valence-electron chi connectivity index (χ0n) is 12.2. The first kappa shape index (κ1) is 13.4. The van der Waals surface area contributed by atoms with Crippen LogP contribution < -0.4 is 9.75 Å². The molecule has 5 nitrogen and oxygen atoms in total. The Morgan fingerprint density at radius 1 is 1.19 bits per heavy atom. The lowest BCUT2D eigenvalue weighted by Gasteiger charge is -2.25. The van der Waals surface area contributed by atoms with Crippen molar-refractivity contribution in [2.75, 3.05) is 18.7 Å². The largest absolute Gasteiger partial charge is 0.481 e. The van der Waals surface area contributed by atoms with Crippen LogP contribution >= 0.6 is 0 Å². The van der Waals surface area contributed by atoms with Gasteiger partial charge in [-0.3, -0.25) is 9.69 Å². The zero-order chi connectivity index (χ0) is 14.7. The fourth-order valence-corrected chi connectivity index (χ4v) is 2.41. The van der Waals surface area contributed by atoms with Crippen molar-refractivity contribution >= 4 is 16.7 Å². The van der Waals surface area contributed by atoms with Gasteiger partial charge in [0.1, 0.15) is 6.33 Å². The van der Waals surface area contributed by atoms with Crippen LogP contribution in [0.25, 0.3) is 10.9 Å². The molecule has 108 valence electrons. The second kappa shape index (κ2) is 5.83. The van der Waals surface area contributed by atoms with Gasteiger partial charge in [-0.05, 0) is 18.6 Å². The van der Waals surface area contributed by atoms with E-state index >= 15 is 0 Å². The minimum absolute atomic E-state index is 0.567. The summed E-state index contributed by atoms with van der Waals surface area (Å²) in [5.74, 6) is 1.39. The molecule has 0 unspecified atom stereocenters. The Hall–Kier alpha value is -2.56. The number of fused-ring (bicyclic) bond motifs is 1. The SMILES string of the molecule is CCCN(c1cc(OC)ncn1)n1ccc2ccccc21. The lowest BCUT2D eigenvalue weighted by atomic mass is 10.2. The number of nitrogens with zero attached hydrogens (tertiary/aromatic N) is 4. The lowest BCUT2D eigenvalue weighted by Crippen LogP contribution is -2.30. The average Bonchev–Trinajstić information content (AvgIpc) is 2.96. The number of benzene rings is 1. The van der Waals surface area contributed by atoms with E-state index in [9.17, 15) is 0 Å². The van der Waals surface area contributed by atoms with Crippen molar-refractivity contribution in [1.29, 1.82) is 0 Å². The van der Waals surface area contributed by atoms with Gasteiger partial charge in [0.2, 0.25) is 5.88 Å². The molecule has 5 heteroatoms. The summed E-state index contributed by atoms with van der Waals surface area (Å²) in [5, 5.41) is 3.34. The van der Waals surface area contributed by atoms with Gasteiger partial charge in [-0.15, -0.1) is 0 Å². The number of methoxy groups -OCH3 is 1. The first-order valence-corrected chi connectivity index (χ1v) is 7.03. The molecule has 3 rings (SSSR count). The zero-order valence-corrected chi connectivity index (χ0v) is 12.2. The van der Waals surface area contributed by atoms with Crippen LogP contribution in [0.3, 0.4) is 0 Å². The van der Waals surface area contributed by atoms with E-state index in [0.29, 0.717) is 5.88 Å². The molecule has 0 fully saturated rings. The Morgan fingerprint density at radius 2 is 2.05 bits per heavy atom. The second-order valence-corrected chi connectivity index (χ2v) is 4.76. The number of hydrogen-bond donors (Lipinski definition) is 0. The van der Waals surface area contributed by atoms with E-state index in [1.807, 2.05) is 18.2 Å². The van der Waals surface area contributed by atoms with E-state index in [0.717, 1.165) is 24.3 Å². The van der Waals surface area contributed by atoms with E-state index in [2.05, 4.69) is 51.0 Å². The number of rotatable bonds is 5. The van der Waals surface area contributed by atoms with Crippen molar-refractivity contribution in [1.82, 2.24) is 14.6 Å². The number of para-hydroxylation sites is 1. The average molecular weight is 282 g/mol. The van der Waals surface area contributed by atoms with Crippen molar-refractivity contribution in [2.45, 2.75) is 13.3 Å². The molecule has 2 heterocycles. The normalized spacial score (nSPS) is 10.8. The van der Waals surface area contributed by atoms with Crippen LogP contribution in [-0.2, 0) is 0 Å². The third-order valence-corrected chi connectivity index (χ3v) is 3.38. The Morgan fingerprint density at radius 3 is 2.86 bits per heavy atom. The van der Waals surface area contributed by atoms with Crippen LogP contribution in [0.5, 0.6) is 5.88 Å². The van der Waals surface area contributed by atoms with Gasteiger partial charge in [-0.25, -0.2) is 9.97 Å². The lowest BCUT2D eigenvalue weighted by molar-refractivity contribution is 0.396. The molecule has 21 heavy (non-hydrogen) atoms. The Balaban J connectivity index is 2.08.